The van der Waals surface area contributed by atoms with E-state index < -0.39 is 0 Å². The molecule has 0 amide bonds. The molecule has 0 atom stereocenters. The van der Waals surface area contributed by atoms with Gasteiger partial charge in [-0.05, 0) is 48.4 Å². The van der Waals surface area contributed by atoms with Gasteiger partial charge in [0, 0.05) is 23.7 Å². The van der Waals surface area contributed by atoms with Crippen molar-refractivity contribution < 1.29 is 13.9 Å². The zero-order valence-electron chi connectivity index (χ0n) is 16.2. The molecule has 1 N–H and O–H groups in total. The molecule has 0 spiro atoms. The van der Waals surface area contributed by atoms with Crippen LogP contribution in [0, 0.1) is 5.82 Å². The van der Waals surface area contributed by atoms with E-state index in [-0.39, 0.29) is 18.2 Å². The zero-order chi connectivity index (χ0) is 19.8. The number of para-hydroxylation sites is 1. The summed E-state index contributed by atoms with van der Waals surface area (Å²) in [4.78, 5) is 0. The maximum absolute atomic E-state index is 13.0. The Bertz CT molecular complexity index is 886. The number of hydrogen-bond acceptors (Lipinski definition) is 3. The van der Waals surface area contributed by atoms with E-state index in [0.717, 1.165) is 28.2 Å². The smallest absolute Gasteiger partial charge is 0.166 e. The van der Waals surface area contributed by atoms with Crippen molar-refractivity contribution in [2.24, 2.45) is 0 Å². The van der Waals surface area contributed by atoms with Crippen LogP contribution in [0.15, 0.2) is 66.7 Å². The standard InChI is InChI=1S/C23H23ClFNO2.ClH/c1-2-27-22-5-3-4-19(15-26-14-17-8-12-21(25)13-9-17)23(22)28-16-18-6-10-20(24)11-7-18;/h3-13,26H,2,14-16H2,1H3;1H. The molecule has 6 heteroatoms. The minimum absolute atomic E-state index is 0. The highest BCUT2D eigenvalue weighted by Crippen LogP contribution is 2.32. The molecule has 0 bridgehead atoms. The van der Waals surface area contributed by atoms with Gasteiger partial charge in [-0.15, -0.1) is 12.4 Å². The van der Waals surface area contributed by atoms with Crippen molar-refractivity contribution in [1.29, 1.82) is 0 Å². The largest absolute Gasteiger partial charge is 0.490 e. The molecule has 3 aromatic rings. The molecular formula is C23H24Cl2FNO2. The van der Waals surface area contributed by atoms with Crippen LogP contribution in [0.25, 0.3) is 0 Å². The molecule has 0 radical (unpaired) electrons. The van der Waals surface area contributed by atoms with Gasteiger partial charge in [0.1, 0.15) is 12.4 Å². The Morgan fingerprint density at radius 2 is 1.55 bits per heavy atom. The van der Waals surface area contributed by atoms with Crippen LogP contribution >= 0.6 is 24.0 Å². The predicted molar refractivity (Wildman–Crippen MR) is 118 cm³/mol. The minimum Gasteiger partial charge on any atom is -0.490 e. The van der Waals surface area contributed by atoms with Crippen LogP contribution in [0.1, 0.15) is 23.6 Å². The van der Waals surface area contributed by atoms with Gasteiger partial charge >= 0.3 is 0 Å². The van der Waals surface area contributed by atoms with E-state index in [4.69, 9.17) is 21.1 Å². The lowest BCUT2D eigenvalue weighted by atomic mass is 10.1. The fourth-order valence-corrected chi connectivity index (χ4v) is 2.94. The second-order valence-electron chi connectivity index (χ2n) is 6.32. The van der Waals surface area contributed by atoms with Gasteiger partial charge in [-0.3, -0.25) is 0 Å². The van der Waals surface area contributed by atoms with E-state index in [1.54, 1.807) is 12.1 Å². The van der Waals surface area contributed by atoms with Crippen LogP contribution in [-0.4, -0.2) is 6.61 Å². The molecule has 29 heavy (non-hydrogen) atoms. The number of nitrogens with one attached hydrogen (secondary N) is 1. The second kappa shape index (κ2) is 11.7. The summed E-state index contributed by atoms with van der Waals surface area (Å²) in [6.07, 6.45) is 0. The van der Waals surface area contributed by atoms with Crippen molar-refractivity contribution in [3.8, 4) is 11.5 Å². The highest BCUT2D eigenvalue weighted by molar-refractivity contribution is 6.30. The Hall–Kier alpha value is -2.27. The van der Waals surface area contributed by atoms with Gasteiger partial charge in [-0.25, -0.2) is 4.39 Å². The van der Waals surface area contributed by atoms with E-state index in [1.165, 1.54) is 12.1 Å². The molecule has 0 aliphatic rings. The van der Waals surface area contributed by atoms with Gasteiger partial charge in [0.15, 0.2) is 11.5 Å². The third-order valence-corrected chi connectivity index (χ3v) is 4.47. The number of benzene rings is 3. The Morgan fingerprint density at radius 1 is 0.862 bits per heavy atom. The fraction of sp³-hybridized carbons (Fsp3) is 0.217. The predicted octanol–water partition coefficient (Wildman–Crippen LogP) is 6.17. The monoisotopic (exact) mass is 435 g/mol. The van der Waals surface area contributed by atoms with E-state index in [9.17, 15) is 4.39 Å². The van der Waals surface area contributed by atoms with Crippen molar-refractivity contribution in [2.45, 2.75) is 26.6 Å². The molecule has 0 saturated heterocycles. The van der Waals surface area contributed by atoms with Crippen LogP contribution in [0.2, 0.25) is 5.02 Å². The molecule has 0 aromatic heterocycles. The van der Waals surface area contributed by atoms with Gasteiger partial charge in [-0.2, -0.15) is 0 Å². The van der Waals surface area contributed by atoms with Crippen LogP contribution < -0.4 is 14.8 Å². The highest BCUT2D eigenvalue weighted by Gasteiger charge is 2.11. The number of rotatable bonds is 9. The Balaban J connectivity index is 0.00000300. The second-order valence-corrected chi connectivity index (χ2v) is 6.76. The molecule has 0 fully saturated rings. The fourth-order valence-electron chi connectivity index (χ4n) is 2.81. The summed E-state index contributed by atoms with van der Waals surface area (Å²) in [7, 11) is 0. The molecule has 0 aliphatic heterocycles. The van der Waals surface area contributed by atoms with Gasteiger partial charge in [0.2, 0.25) is 0 Å². The molecule has 0 aliphatic carbocycles. The van der Waals surface area contributed by atoms with E-state index in [1.807, 2.05) is 49.4 Å². The third-order valence-electron chi connectivity index (χ3n) is 4.21. The van der Waals surface area contributed by atoms with Crippen molar-refractivity contribution in [2.75, 3.05) is 6.61 Å². The molecule has 3 aromatic carbocycles. The normalized spacial score (nSPS) is 10.3. The molecule has 154 valence electrons. The van der Waals surface area contributed by atoms with Gasteiger partial charge in [0.25, 0.3) is 0 Å². The topological polar surface area (TPSA) is 30.5 Å². The summed E-state index contributed by atoms with van der Waals surface area (Å²) in [5.41, 5.74) is 3.05. The summed E-state index contributed by atoms with van der Waals surface area (Å²) >= 11 is 5.95. The lowest BCUT2D eigenvalue weighted by Crippen LogP contribution is -2.14. The first-order chi connectivity index (χ1) is 13.7. The Kier molecular flexibility index (Phi) is 9.26. The van der Waals surface area contributed by atoms with Crippen LogP contribution in [-0.2, 0) is 19.7 Å². The van der Waals surface area contributed by atoms with Crippen LogP contribution in [0.3, 0.4) is 0 Å². The molecule has 0 saturated carbocycles. The summed E-state index contributed by atoms with van der Waals surface area (Å²) in [5, 5.41) is 4.08. The first-order valence-corrected chi connectivity index (χ1v) is 9.60. The van der Waals surface area contributed by atoms with E-state index >= 15 is 0 Å². The van der Waals surface area contributed by atoms with E-state index in [2.05, 4.69) is 5.32 Å². The Labute approximate surface area is 182 Å². The maximum atomic E-state index is 13.0. The average molecular weight is 436 g/mol. The quantitative estimate of drug-likeness (QED) is 0.435. The first-order valence-electron chi connectivity index (χ1n) is 9.23. The molecule has 0 unspecified atom stereocenters. The van der Waals surface area contributed by atoms with Crippen molar-refractivity contribution >= 4 is 24.0 Å². The summed E-state index contributed by atoms with van der Waals surface area (Å²) in [6.45, 7) is 4.17. The molecule has 0 heterocycles. The zero-order valence-corrected chi connectivity index (χ0v) is 17.7. The summed E-state index contributed by atoms with van der Waals surface area (Å²) in [5.74, 6) is 1.22. The number of hydrogen-bond donors (Lipinski definition) is 1. The number of halogens is 3. The van der Waals surface area contributed by atoms with Crippen molar-refractivity contribution in [3.63, 3.8) is 0 Å². The third kappa shape index (κ3) is 6.93. The minimum atomic E-state index is -0.231. The summed E-state index contributed by atoms with van der Waals surface area (Å²) in [6, 6.07) is 19.9. The van der Waals surface area contributed by atoms with Crippen molar-refractivity contribution in [3.05, 3.63) is 94.3 Å². The van der Waals surface area contributed by atoms with Crippen molar-refractivity contribution in [1.82, 2.24) is 5.32 Å². The summed E-state index contributed by atoms with van der Waals surface area (Å²) < 4.78 is 24.9. The van der Waals surface area contributed by atoms with E-state index in [0.29, 0.717) is 31.3 Å². The highest BCUT2D eigenvalue weighted by atomic mass is 35.5. The SMILES string of the molecule is CCOc1cccc(CNCc2ccc(F)cc2)c1OCc1ccc(Cl)cc1.Cl. The van der Waals surface area contributed by atoms with Gasteiger partial charge in [-0.1, -0.05) is 48.0 Å². The maximum Gasteiger partial charge on any atom is 0.166 e. The molecule has 3 rings (SSSR count). The first kappa shape index (κ1) is 23.0. The lowest BCUT2D eigenvalue weighted by molar-refractivity contribution is 0.266. The van der Waals surface area contributed by atoms with Crippen LogP contribution in [0.5, 0.6) is 11.5 Å². The average Bonchev–Trinajstić information content (AvgIpc) is 2.70. The number of ether oxygens (including phenoxy) is 2. The van der Waals surface area contributed by atoms with Crippen LogP contribution in [0.4, 0.5) is 4.39 Å². The van der Waals surface area contributed by atoms with Gasteiger partial charge in [0.05, 0.1) is 6.61 Å². The van der Waals surface area contributed by atoms with Gasteiger partial charge < -0.3 is 14.8 Å². The molecular weight excluding hydrogens is 412 g/mol. The Morgan fingerprint density at radius 3 is 2.24 bits per heavy atom. The molecule has 3 nitrogen and oxygen atoms in total. The lowest BCUT2D eigenvalue weighted by Gasteiger charge is -2.16.